The van der Waals surface area contributed by atoms with E-state index in [0.29, 0.717) is 11.1 Å². The van der Waals surface area contributed by atoms with Crippen LogP contribution >= 0.6 is 0 Å². The van der Waals surface area contributed by atoms with Crippen molar-refractivity contribution in [2.75, 3.05) is 9.80 Å². The molecule has 8 aromatic rings. The van der Waals surface area contributed by atoms with Crippen LogP contribution in [0, 0.1) is 0 Å². The Balaban J connectivity index is 1.16. The van der Waals surface area contributed by atoms with Crippen LogP contribution in [0.5, 0.6) is 0 Å². The molecule has 0 aromatic heterocycles. The Hall–Kier alpha value is -7.82. The molecule has 0 bridgehead atoms. The van der Waals surface area contributed by atoms with E-state index >= 15 is 0 Å². The minimum absolute atomic E-state index is 0.626. The van der Waals surface area contributed by atoms with Gasteiger partial charge in [-0.05, 0) is 106 Å². The van der Waals surface area contributed by atoms with Crippen molar-refractivity contribution in [2.24, 2.45) is 0 Å². The van der Waals surface area contributed by atoms with Gasteiger partial charge in [-0.15, -0.1) is 0 Å². The first-order valence-electron chi connectivity index (χ1n) is 19.2. The number of anilines is 4. The van der Waals surface area contributed by atoms with Gasteiger partial charge in [-0.3, -0.25) is 9.59 Å². The predicted octanol–water partition coefficient (Wildman–Crippen LogP) is 13.4. The van der Waals surface area contributed by atoms with Crippen molar-refractivity contribution in [2.45, 2.75) is 0 Å². The quantitative estimate of drug-likeness (QED) is 0.110. The monoisotopic (exact) mass is 748 g/mol. The van der Waals surface area contributed by atoms with Crippen LogP contribution in [-0.2, 0) is 0 Å². The molecule has 0 heterocycles. The molecule has 8 aromatic carbocycles. The van der Waals surface area contributed by atoms with Gasteiger partial charge >= 0.3 is 0 Å². The number of carbonyl (C=O) groups is 2. The highest BCUT2D eigenvalue weighted by Gasteiger charge is 2.15. The highest BCUT2D eigenvalue weighted by molar-refractivity contribution is 5.87. The Morgan fingerprint density at radius 1 is 0.293 bits per heavy atom. The van der Waals surface area contributed by atoms with Crippen molar-refractivity contribution in [3.05, 3.63) is 264 Å². The normalized spacial score (nSPS) is 10.6. The van der Waals surface area contributed by atoms with Crippen LogP contribution < -0.4 is 9.80 Å². The lowest BCUT2D eigenvalue weighted by atomic mass is 9.98. The number of benzene rings is 8. The summed E-state index contributed by atoms with van der Waals surface area (Å²) in [5, 5.41) is 0. The van der Waals surface area contributed by atoms with Gasteiger partial charge in [-0.2, -0.15) is 0 Å². The van der Waals surface area contributed by atoms with E-state index in [9.17, 15) is 9.59 Å². The Labute approximate surface area is 339 Å². The molecule has 0 aliphatic rings. The molecule has 0 unspecified atom stereocenters. The molecule has 0 fully saturated rings. The molecule has 4 heteroatoms. The van der Waals surface area contributed by atoms with Crippen molar-refractivity contribution in [1.82, 2.24) is 0 Å². The summed E-state index contributed by atoms with van der Waals surface area (Å²) in [5.74, 6) is 0. The zero-order chi connectivity index (χ0) is 39.5. The van der Waals surface area contributed by atoms with Gasteiger partial charge in [-0.25, -0.2) is 0 Å². The van der Waals surface area contributed by atoms with E-state index in [1.165, 1.54) is 0 Å². The molecule has 0 aliphatic carbocycles. The van der Waals surface area contributed by atoms with Crippen LogP contribution in [0.4, 0.5) is 22.7 Å². The second-order valence-electron chi connectivity index (χ2n) is 13.8. The first-order chi connectivity index (χ1) is 28.7. The number of nitrogens with zero attached hydrogens (tertiary/aromatic N) is 2. The number of rotatable bonds is 13. The van der Waals surface area contributed by atoms with Gasteiger partial charge in [0, 0.05) is 57.4 Å². The van der Waals surface area contributed by atoms with Crippen LogP contribution in [0.15, 0.2) is 231 Å². The van der Waals surface area contributed by atoms with Crippen LogP contribution in [0.2, 0.25) is 0 Å². The van der Waals surface area contributed by atoms with E-state index in [1.807, 2.05) is 72.8 Å². The van der Waals surface area contributed by atoms with Crippen LogP contribution in [0.3, 0.4) is 0 Å². The second-order valence-corrected chi connectivity index (χ2v) is 13.8. The molecular weight excluding hydrogens is 709 g/mol. The molecule has 0 radical (unpaired) electrons. The molecule has 0 saturated carbocycles. The van der Waals surface area contributed by atoms with E-state index in [4.69, 9.17) is 0 Å². The number of aldehydes is 2. The third-order valence-corrected chi connectivity index (χ3v) is 10.1. The molecule has 0 spiro atoms. The summed E-state index contributed by atoms with van der Waals surface area (Å²) in [6.07, 6.45) is 6.09. The second kappa shape index (κ2) is 17.8. The standard InChI is InChI=1S/C54H40N2O2/c57-39-41-21-29-49(30-22-41)55(37-53(45-13-5-1-6-14-45)46-15-7-2-8-16-46)51-33-25-43(26-34-51)44-27-35-52(36-28-44)56(50-31-23-42(40-58)24-32-50)38-54(47-17-9-3-10-18-47)48-19-11-4-12-20-48/h1-40H. The molecule has 0 N–H and O–H groups in total. The van der Waals surface area contributed by atoms with Gasteiger partial charge in [0.1, 0.15) is 12.6 Å². The van der Waals surface area contributed by atoms with E-state index in [1.54, 1.807) is 0 Å². The van der Waals surface area contributed by atoms with Crippen molar-refractivity contribution < 1.29 is 9.59 Å². The van der Waals surface area contributed by atoms with E-state index < -0.39 is 0 Å². The molecule has 4 nitrogen and oxygen atoms in total. The lowest BCUT2D eigenvalue weighted by Gasteiger charge is -2.24. The largest absolute Gasteiger partial charge is 0.317 e. The maximum atomic E-state index is 11.6. The first-order valence-corrected chi connectivity index (χ1v) is 19.2. The summed E-state index contributed by atoms with van der Waals surface area (Å²) >= 11 is 0. The average molecular weight is 749 g/mol. The number of hydrogen-bond acceptors (Lipinski definition) is 4. The maximum absolute atomic E-state index is 11.6. The molecular formula is C54H40N2O2. The highest BCUT2D eigenvalue weighted by Crippen LogP contribution is 2.36. The highest BCUT2D eigenvalue weighted by atomic mass is 16.1. The van der Waals surface area contributed by atoms with Gasteiger partial charge in [0.15, 0.2) is 0 Å². The Morgan fingerprint density at radius 3 is 0.776 bits per heavy atom. The fourth-order valence-corrected chi connectivity index (χ4v) is 7.01. The molecule has 0 saturated heterocycles. The van der Waals surface area contributed by atoms with Crippen LogP contribution in [-0.4, -0.2) is 12.6 Å². The average Bonchev–Trinajstić information content (AvgIpc) is 3.31. The van der Waals surface area contributed by atoms with Crippen molar-refractivity contribution in [3.8, 4) is 11.1 Å². The molecule has 8 rings (SSSR count). The predicted molar refractivity (Wildman–Crippen MR) is 240 cm³/mol. The van der Waals surface area contributed by atoms with Crippen molar-refractivity contribution in [1.29, 1.82) is 0 Å². The van der Waals surface area contributed by atoms with E-state index in [2.05, 4.69) is 168 Å². The molecule has 58 heavy (non-hydrogen) atoms. The lowest BCUT2D eigenvalue weighted by molar-refractivity contribution is 0.111. The molecule has 0 atom stereocenters. The van der Waals surface area contributed by atoms with Gasteiger partial charge < -0.3 is 9.80 Å². The molecule has 278 valence electrons. The Morgan fingerprint density at radius 2 is 0.534 bits per heavy atom. The summed E-state index contributed by atoms with van der Waals surface area (Å²) in [7, 11) is 0. The minimum atomic E-state index is 0.626. The van der Waals surface area contributed by atoms with Gasteiger partial charge in [-0.1, -0.05) is 146 Å². The summed E-state index contributed by atoms with van der Waals surface area (Å²) in [6, 6.07) is 74.0. The van der Waals surface area contributed by atoms with Gasteiger partial charge in [0.05, 0.1) is 0 Å². The molecule has 0 aliphatic heterocycles. The summed E-state index contributed by atoms with van der Waals surface area (Å²) < 4.78 is 0. The van der Waals surface area contributed by atoms with Crippen molar-refractivity contribution in [3.63, 3.8) is 0 Å². The smallest absolute Gasteiger partial charge is 0.150 e. The van der Waals surface area contributed by atoms with Crippen LogP contribution in [0.1, 0.15) is 43.0 Å². The lowest BCUT2D eigenvalue weighted by Crippen LogP contribution is -2.10. The summed E-state index contributed by atoms with van der Waals surface area (Å²) in [5.41, 5.74) is 13.8. The van der Waals surface area contributed by atoms with Gasteiger partial charge in [0.2, 0.25) is 0 Å². The van der Waals surface area contributed by atoms with E-state index in [0.717, 1.165) is 79.8 Å². The fraction of sp³-hybridized carbons (Fsp3) is 0. The third kappa shape index (κ3) is 8.52. The fourth-order valence-electron chi connectivity index (χ4n) is 7.01. The summed E-state index contributed by atoms with van der Waals surface area (Å²) in [4.78, 5) is 27.5. The Kier molecular flexibility index (Phi) is 11.4. The molecule has 0 amide bonds. The van der Waals surface area contributed by atoms with Gasteiger partial charge in [0.25, 0.3) is 0 Å². The zero-order valence-corrected chi connectivity index (χ0v) is 31.8. The van der Waals surface area contributed by atoms with Crippen LogP contribution in [0.25, 0.3) is 22.3 Å². The number of hydrogen-bond donors (Lipinski definition) is 0. The third-order valence-electron chi connectivity index (χ3n) is 10.1. The zero-order valence-electron chi connectivity index (χ0n) is 31.8. The van der Waals surface area contributed by atoms with E-state index in [-0.39, 0.29) is 0 Å². The SMILES string of the molecule is O=Cc1ccc(N(C=C(c2ccccc2)c2ccccc2)c2ccc(-c3ccc(N(C=C(c4ccccc4)c4ccccc4)c4ccc(C=O)cc4)cc3)cc2)cc1. The van der Waals surface area contributed by atoms with Crippen molar-refractivity contribution >= 4 is 46.5 Å². The topological polar surface area (TPSA) is 40.6 Å². The number of carbonyl (C=O) groups excluding carboxylic acids is 2. The minimum Gasteiger partial charge on any atom is -0.317 e. The Bertz CT molecular complexity index is 2360. The summed E-state index contributed by atoms with van der Waals surface area (Å²) in [6.45, 7) is 0. The first kappa shape index (κ1) is 37.1. The maximum Gasteiger partial charge on any atom is 0.150 e.